The fraction of sp³-hybridized carbons (Fsp3) is 0.444. The molecule has 1 fully saturated rings. The monoisotopic (exact) mass is 390 g/mol. The zero-order chi connectivity index (χ0) is 17.1. The van der Waals surface area contributed by atoms with E-state index in [4.69, 9.17) is 0 Å². The van der Waals surface area contributed by atoms with Crippen molar-refractivity contribution in [2.75, 3.05) is 6.54 Å². The molecule has 1 aliphatic heterocycles. The number of aryl methyl sites for hydroxylation is 1. The highest BCUT2D eigenvalue weighted by Crippen LogP contribution is 2.25. The molecule has 0 aliphatic carbocycles. The van der Waals surface area contributed by atoms with Gasteiger partial charge in [-0.15, -0.1) is 0 Å². The van der Waals surface area contributed by atoms with E-state index in [1.165, 1.54) is 5.56 Å². The number of amides is 1. The maximum atomic E-state index is 11.8. The van der Waals surface area contributed by atoms with Crippen LogP contribution in [0.1, 0.15) is 42.9 Å². The molecule has 128 valence electrons. The molecule has 1 aromatic carbocycles. The van der Waals surface area contributed by atoms with Crippen LogP contribution in [0.3, 0.4) is 0 Å². The number of nitrogens with zero attached hydrogens (tertiary/aromatic N) is 2. The molecule has 2 aromatic rings. The average Bonchev–Trinajstić information content (AvgIpc) is 2.99. The van der Waals surface area contributed by atoms with Crippen LogP contribution in [-0.4, -0.2) is 28.3 Å². The summed E-state index contributed by atoms with van der Waals surface area (Å²) in [5.41, 5.74) is 2.35. The summed E-state index contributed by atoms with van der Waals surface area (Å²) in [4.78, 5) is 11.8. The van der Waals surface area contributed by atoms with Gasteiger partial charge in [-0.05, 0) is 30.0 Å². The van der Waals surface area contributed by atoms with Crippen molar-refractivity contribution < 1.29 is 4.79 Å². The summed E-state index contributed by atoms with van der Waals surface area (Å²) in [6.07, 6.45) is 5.22. The van der Waals surface area contributed by atoms with Gasteiger partial charge >= 0.3 is 0 Å². The van der Waals surface area contributed by atoms with Crippen molar-refractivity contribution in [3.05, 3.63) is 52.3 Å². The van der Waals surface area contributed by atoms with Crippen molar-refractivity contribution in [3.8, 4) is 0 Å². The minimum absolute atomic E-state index is 0.0188. The van der Waals surface area contributed by atoms with E-state index in [1.54, 1.807) is 4.68 Å². The topological polar surface area (TPSA) is 59.0 Å². The molecule has 3 rings (SSSR count). The Labute approximate surface area is 151 Å². The number of halogens is 1. The van der Waals surface area contributed by atoms with Crippen molar-refractivity contribution in [3.63, 3.8) is 0 Å². The Balaban J connectivity index is 1.67. The van der Waals surface area contributed by atoms with E-state index in [0.717, 1.165) is 23.0 Å². The van der Waals surface area contributed by atoms with Crippen molar-refractivity contribution >= 4 is 21.8 Å². The third kappa shape index (κ3) is 4.05. The SMILES string of the molecule is C[C@@H](CN[C@@H]1CCC(=O)N[C@H]1c1cnn(C)c1)c1cccc(Br)c1. The number of nitrogens with one attached hydrogen (secondary N) is 2. The minimum Gasteiger partial charge on any atom is -0.348 e. The Morgan fingerprint density at radius 1 is 1.50 bits per heavy atom. The van der Waals surface area contributed by atoms with Crippen LogP contribution < -0.4 is 10.6 Å². The van der Waals surface area contributed by atoms with Crippen LogP contribution in [0.15, 0.2) is 41.1 Å². The van der Waals surface area contributed by atoms with Gasteiger partial charge in [0.2, 0.25) is 5.91 Å². The predicted molar refractivity (Wildman–Crippen MR) is 97.7 cm³/mol. The van der Waals surface area contributed by atoms with E-state index in [9.17, 15) is 4.79 Å². The van der Waals surface area contributed by atoms with Crippen LogP contribution >= 0.6 is 15.9 Å². The number of hydrogen-bond acceptors (Lipinski definition) is 3. The second kappa shape index (κ2) is 7.49. The quantitative estimate of drug-likeness (QED) is 0.824. The molecule has 6 heteroatoms. The lowest BCUT2D eigenvalue weighted by Gasteiger charge is -2.33. The molecule has 0 spiro atoms. The first-order valence-corrected chi connectivity index (χ1v) is 9.09. The lowest BCUT2D eigenvalue weighted by atomic mass is 9.92. The number of piperidine rings is 1. The molecular weight excluding hydrogens is 368 g/mol. The van der Waals surface area contributed by atoms with Crippen LogP contribution in [0.4, 0.5) is 0 Å². The molecule has 5 nitrogen and oxygen atoms in total. The smallest absolute Gasteiger partial charge is 0.220 e. The molecule has 24 heavy (non-hydrogen) atoms. The summed E-state index contributed by atoms with van der Waals surface area (Å²) in [6.45, 7) is 3.09. The van der Waals surface area contributed by atoms with Gasteiger partial charge in [0, 0.05) is 42.3 Å². The molecule has 0 radical (unpaired) electrons. The minimum atomic E-state index is -0.0188. The van der Waals surface area contributed by atoms with Gasteiger partial charge in [-0.2, -0.15) is 5.10 Å². The molecule has 2 heterocycles. The molecule has 1 saturated heterocycles. The number of hydrogen-bond donors (Lipinski definition) is 2. The fourth-order valence-corrected chi connectivity index (χ4v) is 3.61. The largest absolute Gasteiger partial charge is 0.348 e. The van der Waals surface area contributed by atoms with Gasteiger partial charge in [-0.3, -0.25) is 9.48 Å². The van der Waals surface area contributed by atoms with Crippen LogP contribution in [0.2, 0.25) is 0 Å². The van der Waals surface area contributed by atoms with Gasteiger partial charge < -0.3 is 10.6 Å². The Hall–Kier alpha value is -1.66. The zero-order valence-electron chi connectivity index (χ0n) is 14.0. The predicted octanol–water partition coefficient (Wildman–Crippen LogP) is 2.90. The van der Waals surface area contributed by atoms with Crippen LogP contribution in [0, 0.1) is 0 Å². The first-order chi connectivity index (χ1) is 11.5. The summed E-state index contributed by atoms with van der Waals surface area (Å²) in [6, 6.07) is 8.62. The Morgan fingerprint density at radius 3 is 3.04 bits per heavy atom. The van der Waals surface area contributed by atoms with Gasteiger partial charge in [0.25, 0.3) is 0 Å². The Bertz CT molecular complexity index is 715. The van der Waals surface area contributed by atoms with Crippen LogP contribution in [0.5, 0.6) is 0 Å². The number of carbonyl (C=O) groups excluding carboxylic acids is 1. The molecule has 0 bridgehead atoms. The molecule has 1 amide bonds. The molecule has 1 aromatic heterocycles. The van der Waals surface area contributed by atoms with E-state index in [2.05, 4.69) is 56.8 Å². The third-order valence-electron chi connectivity index (χ3n) is 4.59. The summed E-state index contributed by atoms with van der Waals surface area (Å²) in [5.74, 6) is 0.511. The average molecular weight is 391 g/mol. The van der Waals surface area contributed by atoms with Gasteiger partial charge in [0.15, 0.2) is 0 Å². The first kappa shape index (κ1) is 17.2. The summed E-state index contributed by atoms with van der Waals surface area (Å²) in [7, 11) is 1.89. The summed E-state index contributed by atoms with van der Waals surface area (Å²) < 4.78 is 2.88. The van der Waals surface area contributed by atoms with Crippen LogP contribution in [0.25, 0.3) is 0 Å². The number of rotatable bonds is 5. The van der Waals surface area contributed by atoms with Gasteiger partial charge in [0.05, 0.1) is 12.2 Å². The highest BCUT2D eigenvalue weighted by atomic mass is 79.9. The van der Waals surface area contributed by atoms with E-state index < -0.39 is 0 Å². The molecule has 0 unspecified atom stereocenters. The second-order valence-electron chi connectivity index (χ2n) is 6.50. The third-order valence-corrected chi connectivity index (χ3v) is 5.08. The van der Waals surface area contributed by atoms with E-state index in [0.29, 0.717) is 12.3 Å². The maximum absolute atomic E-state index is 11.8. The maximum Gasteiger partial charge on any atom is 0.220 e. The normalized spacial score (nSPS) is 22.2. The first-order valence-electron chi connectivity index (χ1n) is 8.29. The van der Waals surface area contributed by atoms with Crippen molar-refractivity contribution in [1.82, 2.24) is 20.4 Å². The van der Waals surface area contributed by atoms with Crippen molar-refractivity contribution in [2.45, 2.75) is 37.8 Å². The lowest BCUT2D eigenvalue weighted by molar-refractivity contribution is -0.123. The van der Waals surface area contributed by atoms with E-state index >= 15 is 0 Å². The molecule has 2 N–H and O–H groups in total. The Kier molecular flexibility index (Phi) is 5.36. The number of benzene rings is 1. The fourth-order valence-electron chi connectivity index (χ4n) is 3.19. The highest BCUT2D eigenvalue weighted by molar-refractivity contribution is 9.10. The zero-order valence-corrected chi connectivity index (χ0v) is 15.6. The molecule has 1 aliphatic rings. The molecular formula is C18H23BrN4O. The lowest BCUT2D eigenvalue weighted by Crippen LogP contribution is -2.49. The van der Waals surface area contributed by atoms with Gasteiger partial charge in [-0.25, -0.2) is 0 Å². The second-order valence-corrected chi connectivity index (χ2v) is 7.42. The highest BCUT2D eigenvalue weighted by Gasteiger charge is 2.30. The number of carbonyl (C=O) groups is 1. The molecule has 3 atom stereocenters. The van der Waals surface area contributed by atoms with Crippen molar-refractivity contribution in [2.24, 2.45) is 7.05 Å². The van der Waals surface area contributed by atoms with Gasteiger partial charge in [-0.1, -0.05) is 35.0 Å². The van der Waals surface area contributed by atoms with Gasteiger partial charge in [0.1, 0.15) is 0 Å². The van der Waals surface area contributed by atoms with Crippen LogP contribution in [-0.2, 0) is 11.8 Å². The standard InChI is InChI=1S/C18H23BrN4O/c1-12(13-4-3-5-15(19)8-13)9-20-16-6-7-17(24)22-18(16)14-10-21-23(2)11-14/h3-5,8,10-12,16,18,20H,6-7,9H2,1-2H3,(H,22,24)/t12-,16+,18-/m0/s1. The Morgan fingerprint density at radius 2 is 2.33 bits per heavy atom. The number of aromatic nitrogens is 2. The molecule has 0 saturated carbocycles. The summed E-state index contributed by atoms with van der Waals surface area (Å²) >= 11 is 3.53. The van der Waals surface area contributed by atoms with E-state index in [1.807, 2.05) is 25.5 Å². The van der Waals surface area contributed by atoms with Crippen molar-refractivity contribution in [1.29, 1.82) is 0 Å². The summed E-state index contributed by atoms with van der Waals surface area (Å²) in [5, 5.41) is 11.0. The van der Waals surface area contributed by atoms with E-state index in [-0.39, 0.29) is 18.0 Å².